The predicted molar refractivity (Wildman–Crippen MR) is 79.1 cm³/mol. The van der Waals surface area contributed by atoms with E-state index >= 15 is 0 Å². The molecule has 1 saturated heterocycles. The number of hydrogen-bond acceptors (Lipinski definition) is 2. The van der Waals surface area contributed by atoms with E-state index in [1.165, 1.54) is 5.56 Å². The lowest BCUT2D eigenvalue weighted by molar-refractivity contribution is -0.132. The Bertz CT molecular complexity index is 453. The van der Waals surface area contributed by atoms with Gasteiger partial charge in [0.1, 0.15) is 5.75 Å². The number of rotatable bonds is 3. The molecule has 0 saturated carbocycles. The van der Waals surface area contributed by atoms with Crippen LogP contribution in [0.25, 0.3) is 0 Å². The van der Waals surface area contributed by atoms with Gasteiger partial charge in [-0.05, 0) is 58.8 Å². The number of aromatic hydroxyl groups is 1. The fourth-order valence-electron chi connectivity index (χ4n) is 2.63. The molecule has 104 valence electrons. The van der Waals surface area contributed by atoms with Crippen molar-refractivity contribution in [2.45, 2.75) is 32.6 Å². The second kappa shape index (κ2) is 6.42. The normalized spacial score (nSPS) is 16.6. The van der Waals surface area contributed by atoms with E-state index in [2.05, 4.69) is 15.9 Å². The van der Waals surface area contributed by atoms with Crippen molar-refractivity contribution in [3.63, 3.8) is 0 Å². The molecule has 0 radical (unpaired) electrons. The highest BCUT2D eigenvalue weighted by Crippen LogP contribution is 2.28. The molecule has 1 N–H and O–H groups in total. The molecule has 0 aromatic heterocycles. The number of benzene rings is 1. The number of carbonyl (C=O) groups excluding carboxylic acids is 1. The Kier molecular flexibility index (Phi) is 4.86. The number of piperidine rings is 1. The third-order valence-corrected chi connectivity index (χ3v) is 4.48. The van der Waals surface area contributed by atoms with Crippen molar-refractivity contribution in [3.8, 4) is 5.75 Å². The summed E-state index contributed by atoms with van der Waals surface area (Å²) >= 11 is 3.29. The Morgan fingerprint density at radius 1 is 1.42 bits per heavy atom. The van der Waals surface area contributed by atoms with Crippen molar-refractivity contribution in [3.05, 3.63) is 28.2 Å². The Morgan fingerprint density at radius 3 is 2.68 bits per heavy atom. The van der Waals surface area contributed by atoms with Gasteiger partial charge in [-0.3, -0.25) is 4.79 Å². The number of halogens is 1. The molecule has 1 heterocycles. The lowest BCUT2D eigenvalue weighted by Crippen LogP contribution is -2.38. The molecule has 3 nitrogen and oxygen atoms in total. The van der Waals surface area contributed by atoms with Crippen LogP contribution >= 0.6 is 15.9 Å². The summed E-state index contributed by atoms with van der Waals surface area (Å²) in [5.41, 5.74) is 1.17. The Balaban J connectivity index is 1.88. The number of phenols is 1. The zero-order valence-corrected chi connectivity index (χ0v) is 12.8. The van der Waals surface area contributed by atoms with Gasteiger partial charge in [-0.25, -0.2) is 0 Å². The molecule has 1 fully saturated rings. The van der Waals surface area contributed by atoms with Gasteiger partial charge in [0.25, 0.3) is 0 Å². The molecule has 1 aliphatic heterocycles. The summed E-state index contributed by atoms with van der Waals surface area (Å²) in [7, 11) is 0. The fraction of sp³-hybridized carbons (Fsp3) is 0.533. The number of likely N-dealkylation sites (tertiary alicyclic amines) is 1. The Morgan fingerprint density at radius 2 is 2.11 bits per heavy atom. The lowest BCUT2D eigenvalue weighted by atomic mass is 9.90. The van der Waals surface area contributed by atoms with Crippen LogP contribution < -0.4 is 0 Å². The van der Waals surface area contributed by atoms with Gasteiger partial charge in [-0.1, -0.05) is 13.0 Å². The van der Waals surface area contributed by atoms with Gasteiger partial charge >= 0.3 is 0 Å². The summed E-state index contributed by atoms with van der Waals surface area (Å²) < 4.78 is 0.736. The van der Waals surface area contributed by atoms with Crippen LogP contribution in [0.3, 0.4) is 0 Å². The van der Waals surface area contributed by atoms with Gasteiger partial charge < -0.3 is 10.0 Å². The first kappa shape index (κ1) is 14.4. The van der Waals surface area contributed by atoms with Crippen LogP contribution in [0.4, 0.5) is 0 Å². The van der Waals surface area contributed by atoms with E-state index in [1.807, 2.05) is 30.0 Å². The fourth-order valence-corrected chi connectivity index (χ4v) is 2.88. The summed E-state index contributed by atoms with van der Waals surface area (Å²) in [5.74, 6) is 1.18. The molecular formula is C15H20BrNO2. The largest absolute Gasteiger partial charge is 0.507 e. The molecule has 0 aliphatic carbocycles. The first-order chi connectivity index (χ1) is 9.10. The molecule has 2 rings (SSSR count). The molecule has 0 bridgehead atoms. The van der Waals surface area contributed by atoms with Crippen molar-refractivity contribution in [1.29, 1.82) is 0 Å². The monoisotopic (exact) mass is 325 g/mol. The molecule has 4 heteroatoms. The van der Waals surface area contributed by atoms with Crippen LogP contribution in [0.2, 0.25) is 0 Å². The number of nitrogens with zero attached hydrogens (tertiary/aromatic N) is 1. The maximum atomic E-state index is 11.6. The van der Waals surface area contributed by atoms with E-state index in [0.717, 1.165) is 36.8 Å². The summed E-state index contributed by atoms with van der Waals surface area (Å²) in [4.78, 5) is 13.6. The highest BCUT2D eigenvalue weighted by atomic mass is 79.9. The van der Waals surface area contributed by atoms with Gasteiger partial charge in [0.15, 0.2) is 0 Å². The average Bonchev–Trinajstić information content (AvgIpc) is 2.43. The van der Waals surface area contributed by atoms with Gasteiger partial charge in [-0.15, -0.1) is 0 Å². The molecule has 1 aromatic rings. The van der Waals surface area contributed by atoms with Crippen molar-refractivity contribution >= 4 is 21.8 Å². The molecule has 0 spiro atoms. The third-order valence-electron chi connectivity index (χ3n) is 3.80. The highest BCUT2D eigenvalue weighted by molar-refractivity contribution is 9.10. The first-order valence-corrected chi connectivity index (χ1v) is 7.64. The quantitative estimate of drug-likeness (QED) is 0.925. The number of phenolic OH excluding ortho intramolecular Hbond substituents is 1. The van der Waals surface area contributed by atoms with E-state index in [-0.39, 0.29) is 5.91 Å². The number of carbonyl (C=O) groups is 1. The second-order valence-corrected chi connectivity index (χ2v) is 6.02. The molecule has 0 atom stereocenters. The van der Waals surface area contributed by atoms with E-state index in [9.17, 15) is 9.90 Å². The second-order valence-electron chi connectivity index (χ2n) is 5.17. The molecular weight excluding hydrogens is 306 g/mol. The van der Waals surface area contributed by atoms with Crippen LogP contribution in [-0.4, -0.2) is 29.0 Å². The Hall–Kier alpha value is -1.03. The summed E-state index contributed by atoms with van der Waals surface area (Å²) in [6.45, 7) is 3.67. The molecule has 0 unspecified atom stereocenters. The van der Waals surface area contributed by atoms with Crippen molar-refractivity contribution in [2.24, 2.45) is 5.92 Å². The van der Waals surface area contributed by atoms with E-state index in [1.54, 1.807) is 0 Å². The number of hydrogen-bond donors (Lipinski definition) is 1. The highest BCUT2D eigenvalue weighted by Gasteiger charge is 2.22. The van der Waals surface area contributed by atoms with Crippen LogP contribution in [0.1, 0.15) is 31.7 Å². The lowest BCUT2D eigenvalue weighted by Gasteiger charge is -2.32. The van der Waals surface area contributed by atoms with Crippen LogP contribution in [0.5, 0.6) is 5.75 Å². The maximum absolute atomic E-state index is 11.6. The van der Waals surface area contributed by atoms with Gasteiger partial charge in [-0.2, -0.15) is 0 Å². The zero-order valence-electron chi connectivity index (χ0n) is 11.2. The molecule has 1 aromatic carbocycles. The van der Waals surface area contributed by atoms with Gasteiger partial charge in [0, 0.05) is 19.5 Å². The molecule has 19 heavy (non-hydrogen) atoms. The minimum Gasteiger partial charge on any atom is -0.507 e. The minimum atomic E-state index is 0.264. The zero-order chi connectivity index (χ0) is 13.8. The van der Waals surface area contributed by atoms with Crippen LogP contribution in [-0.2, 0) is 11.2 Å². The standard InChI is InChI=1S/C15H20BrNO2/c1-2-15(19)17-7-5-11(6-8-17)9-12-3-4-13(16)14(18)10-12/h3-4,10-11,18H,2,5-9H2,1H3. The summed E-state index contributed by atoms with van der Waals surface area (Å²) in [5, 5.41) is 9.68. The van der Waals surface area contributed by atoms with Crippen LogP contribution in [0, 0.1) is 5.92 Å². The Labute approximate surface area is 122 Å². The molecule has 1 amide bonds. The van der Waals surface area contributed by atoms with E-state index < -0.39 is 0 Å². The van der Waals surface area contributed by atoms with Crippen molar-refractivity contribution < 1.29 is 9.90 Å². The van der Waals surface area contributed by atoms with Crippen molar-refractivity contribution in [2.75, 3.05) is 13.1 Å². The smallest absolute Gasteiger partial charge is 0.222 e. The number of amides is 1. The summed E-state index contributed by atoms with van der Waals surface area (Å²) in [6, 6.07) is 5.77. The van der Waals surface area contributed by atoms with Gasteiger partial charge in [0.2, 0.25) is 5.91 Å². The van der Waals surface area contributed by atoms with Crippen molar-refractivity contribution in [1.82, 2.24) is 4.90 Å². The third kappa shape index (κ3) is 3.72. The first-order valence-electron chi connectivity index (χ1n) is 6.85. The molecule has 1 aliphatic rings. The van der Waals surface area contributed by atoms with Gasteiger partial charge in [0.05, 0.1) is 4.47 Å². The van der Waals surface area contributed by atoms with Crippen LogP contribution in [0.15, 0.2) is 22.7 Å². The minimum absolute atomic E-state index is 0.264. The predicted octanol–water partition coefficient (Wildman–Crippen LogP) is 3.35. The SMILES string of the molecule is CCC(=O)N1CCC(Cc2ccc(Br)c(O)c2)CC1. The van der Waals surface area contributed by atoms with E-state index in [0.29, 0.717) is 18.1 Å². The average molecular weight is 326 g/mol. The van der Waals surface area contributed by atoms with E-state index in [4.69, 9.17) is 0 Å². The summed E-state index contributed by atoms with van der Waals surface area (Å²) in [6.07, 6.45) is 3.70. The topological polar surface area (TPSA) is 40.5 Å². The maximum Gasteiger partial charge on any atom is 0.222 e.